The number of carbonyl (C=O) groups is 2. The largest absolute Gasteiger partial charge is 0.326 e. The highest BCUT2D eigenvalue weighted by molar-refractivity contribution is 7.10. The smallest absolute Gasteiger partial charge is 0.248 e. The van der Waals surface area contributed by atoms with Gasteiger partial charge < -0.3 is 10.6 Å². The zero-order valence-electron chi connectivity index (χ0n) is 11.2. The van der Waals surface area contributed by atoms with Crippen LogP contribution in [0, 0.1) is 5.82 Å². The van der Waals surface area contributed by atoms with Gasteiger partial charge in [-0.25, -0.2) is 4.39 Å². The summed E-state index contributed by atoms with van der Waals surface area (Å²) < 4.78 is 13.6. The number of rotatable bonds is 4. The molecule has 2 N–H and O–H groups in total. The van der Waals surface area contributed by atoms with Gasteiger partial charge in [0.2, 0.25) is 11.8 Å². The fourth-order valence-electron chi connectivity index (χ4n) is 1.62. The molecular weight excluding hydrogens is 291 g/mol. The second-order valence-electron chi connectivity index (χ2n) is 4.21. The van der Waals surface area contributed by atoms with Crippen LogP contribution in [0.3, 0.4) is 0 Å². The van der Waals surface area contributed by atoms with E-state index in [-0.39, 0.29) is 11.6 Å². The van der Waals surface area contributed by atoms with Crippen molar-refractivity contribution in [2.75, 3.05) is 10.6 Å². The van der Waals surface area contributed by atoms with Crippen molar-refractivity contribution >= 4 is 40.6 Å². The van der Waals surface area contributed by atoms with Gasteiger partial charge in [0.1, 0.15) is 5.82 Å². The first-order valence-corrected chi connectivity index (χ1v) is 7.02. The first-order chi connectivity index (χ1) is 10.0. The molecule has 2 amide bonds. The number of amides is 2. The van der Waals surface area contributed by atoms with E-state index in [9.17, 15) is 14.0 Å². The molecule has 6 heteroatoms. The van der Waals surface area contributed by atoms with Crippen molar-refractivity contribution in [3.05, 3.63) is 52.5 Å². The minimum absolute atomic E-state index is 0.0158. The molecular formula is C15H13FN2O2S. The van der Waals surface area contributed by atoms with Crippen LogP contribution in [-0.2, 0) is 9.59 Å². The fourth-order valence-corrected chi connectivity index (χ4v) is 2.24. The van der Waals surface area contributed by atoms with Gasteiger partial charge >= 0.3 is 0 Å². The number of anilines is 2. The zero-order chi connectivity index (χ0) is 15.2. The molecule has 4 nitrogen and oxygen atoms in total. The van der Waals surface area contributed by atoms with Gasteiger partial charge in [-0.15, -0.1) is 11.3 Å². The molecule has 0 bridgehead atoms. The fraction of sp³-hybridized carbons (Fsp3) is 0.0667. The molecule has 0 aliphatic rings. The van der Waals surface area contributed by atoms with Crippen LogP contribution >= 0.6 is 11.3 Å². The van der Waals surface area contributed by atoms with Crippen molar-refractivity contribution in [3.63, 3.8) is 0 Å². The van der Waals surface area contributed by atoms with Gasteiger partial charge in [0, 0.05) is 23.6 Å². The Labute approximate surface area is 125 Å². The molecule has 0 saturated carbocycles. The Kier molecular flexibility index (Phi) is 4.84. The molecule has 0 fully saturated rings. The average molecular weight is 304 g/mol. The lowest BCUT2D eigenvalue weighted by atomic mass is 10.2. The van der Waals surface area contributed by atoms with Crippen molar-refractivity contribution < 1.29 is 14.0 Å². The predicted molar refractivity (Wildman–Crippen MR) is 82.7 cm³/mol. The Morgan fingerprint density at radius 1 is 1.24 bits per heavy atom. The van der Waals surface area contributed by atoms with Gasteiger partial charge in [-0.1, -0.05) is 6.07 Å². The Morgan fingerprint density at radius 2 is 2.05 bits per heavy atom. The molecule has 0 atom stereocenters. The zero-order valence-corrected chi connectivity index (χ0v) is 12.0. The van der Waals surface area contributed by atoms with E-state index in [2.05, 4.69) is 10.6 Å². The third-order valence-electron chi connectivity index (χ3n) is 2.49. The van der Waals surface area contributed by atoms with Crippen molar-refractivity contribution in [1.29, 1.82) is 0 Å². The van der Waals surface area contributed by atoms with Gasteiger partial charge in [0.25, 0.3) is 0 Å². The molecule has 0 aliphatic carbocycles. The number of hydrogen-bond acceptors (Lipinski definition) is 3. The van der Waals surface area contributed by atoms with Crippen LogP contribution in [0.2, 0.25) is 0 Å². The summed E-state index contributed by atoms with van der Waals surface area (Å²) in [5.74, 6) is -1.28. The molecule has 1 aromatic carbocycles. The van der Waals surface area contributed by atoms with Crippen LogP contribution in [-0.4, -0.2) is 11.8 Å². The summed E-state index contributed by atoms with van der Waals surface area (Å²) in [6, 6.07) is 7.72. The molecule has 21 heavy (non-hydrogen) atoms. The Hall–Kier alpha value is -2.47. The average Bonchev–Trinajstić information content (AvgIpc) is 2.93. The highest BCUT2D eigenvalue weighted by Crippen LogP contribution is 2.20. The molecule has 2 aromatic rings. The lowest BCUT2D eigenvalue weighted by molar-refractivity contribution is -0.114. The topological polar surface area (TPSA) is 58.2 Å². The van der Waals surface area contributed by atoms with E-state index in [1.54, 1.807) is 6.08 Å². The number of thiophene rings is 1. The van der Waals surface area contributed by atoms with Crippen LogP contribution in [0.4, 0.5) is 15.8 Å². The van der Waals surface area contributed by atoms with E-state index in [0.29, 0.717) is 5.69 Å². The van der Waals surface area contributed by atoms with E-state index in [1.165, 1.54) is 42.5 Å². The predicted octanol–water partition coefficient (Wildman–Crippen LogP) is 3.50. The van der Waals surface area contributed by atoms with Crippen molar-refractivity contribution in [2.24, 2.45) is 0 Å². The molecule has 0 radical (unpaired) electrons. The summed E-state index contributed by atoms with van der Waals surface area (Å²) in [5.41, 5.74) is 0.434. The summed E-state index contributed by atoms with van der Waals surface area (Å²) in [4.78, 5) is 23.6. The van der Waals surface area contributed by atoms with Gasteiger partial charge in [-0.2, -0.15) is 0 Å². The van der Waals surface area contributed by atoms with E-state index in [1.807, 2.05) is 17.5 Å². The second-order valence-corrected chi connectivity index (χ2v) is 5.19. The molecule has 0 saturated heterocycles. The SMILES string of the molecule is CC(=O)Nc1ccc(F)c(NC(=O)/C=C/c2cccs2)c1. The maximum Gasteiger partial charge on any atom is 0.248 e. The van der Waals surface area contributed by atoms with Crippen molar-refractivity contribution in [1.82, 2.24) is 0 Å². The quantitative estimate of drug-likeness (QED) is 0.849. The minimum Gasteiger partial charge on any atom is -0.326 e. The third kappa shape index (κ3) is 4.54. The molecule has 0 unspecified atom stereocenters. The van der Waals surface area contributed by atoms with Gasteiger partial charge in [-0.05, 0) is 35.7 Å². The third-order valence-corrected chi connectivity index (χ3v) is 3.32. The van der Waals surface area contributed by atoms with E-state index < -0.39 is 11.7 Å². The van der Waals surface area contributed by atoms with E-state index in [4.69, 9.17) is 0 Å². The minimum atomic E-state index is -0.568. The van der Waals surface area contributed by atoms with Crippen molar-refractivity contribution in [3.8, 4) is 0 Å². The number of halogens is 1. The highest BCUT2D eigenvalue weighted by Gasteiger charge is 2.07. The standard InChI is InChI=1S/C15H13FN2O2S/c1-10(19)17-11-4-6-13(16)14(9-11)18-15(20)7-5-12-3-2-8-21-12/h2-9H,1H3,(H,17,19)(H,18,20)/b7-5+. The Bertz CT molecular complexity index is 681. The Balaban J connectivity index is 2.07. The summed E-state index contributed by atoms with van der Waals surface area (Å²) in [6.45, 7) is 1.35. The van der Waals surface area contributed by atoms with Crippen LogP contribution in [0.25, 0.3) is 6.08 Å². The second kappa shape index (κ2) is 6.81. The number of benzene rings is 1. The molecule has 2 rings (SSSR count). The lowest BCUT2D eigenvalue weighted by Crippen LogP contribution is -2.11. The normalized spacial score (nSPS) is 10.6. The maximum atomic E-state index is 13.6. The van der Waals surface area contributed by atoms with E-state index >= 15 is 0 Å². The molecule has 1 aromatic heterocycles. The number of nitrogens with one attached hydrogen (secondary N) is 2. The molecule has 0 aliphatic heterocycles. The highest BCUT2D eigenvalue weighted by atomic mass is 32.1. The van der Waals surface area contributed by atoms with Crippen molar-refractivity contribution in [2.45, 2.75) is 6.92 Å². The maximum absolute atomic E-state index is 13.6. The molecule has 0 spiro atoms. The van der Waals surface area contributed by atoms with Gasteiger partial charge in [0.15, 0.2) is 0 Å². The van der Waals surface area contributed by atoms with Gasteiger partial charge in [0.05, 0.1) is 5.69 Å². The monoisotopic (exact) mass is 304 g/mol. The summed E-state index contributed by atoms with van der Waals surface area (Å²) >= 11 is 1.50. The number of hydrogen-bond donors (Lipinski definition) is 2. The first-order valence-electron chi connectivity index (χ1n) is 6.14. The van der Waals surface area contributed by atoms with Crippen LogP contribution < -0.4 is 10.6 Å². The first kappa shape index (κ1) is 14.9. The molecule has 108 valence electrons. The summed E-state index contributed by atoms with van der Waals surface area (Å²) in [5, 5.41) is 6.86. The van der Waals surface area contributed by atoms with Crippen LogP contribution in [0.5, 0.6) is 0 Å². The molecule has 1 heterocycles. The van der Waals surface area contributed by atoms with E-state index in [0.717, 1.165) is 4.88 Å². The number of carbonyl (C=O) groups excluding carboxylic acids is 2. The van der Waals surface area contributed by atoms with Crippen LogP contribution in [0.15, 0.2) is 41.8 Å². The van der Waals surface area contributed by atoms with Gasteiger partial charge in [-0.3, -0.25) is 9.59 Å². The summed E-state index contributed by atoms with van der Waals surface area (Å²) in [7, 11) is 0. The lowest BCUT2D eigenvalue weighted by Gasteiger charge is -2.07. The van der Waals surface area contributed by atoms with Crippen LogP contribution in [0.1, 0.15) is 11.8 Å². The Morgan fingerprint density at radius 3 is 2.71 bits per heavy atom. The summed E-state index contributed by atoms with van der Waals surface area (Å²) in [6.07, 6.45) is 2.98.